The number of likely N-dealkylation sites (tertiary alicyclic amines) is 1. The molecule has 1 aliphatic rings. The smallest absolute Gasteiger partial charge is 0.407 e. The lowest BCUT2D eigenvalue weighted by Crippen LogP contribution is -2.57. The number of carboxylic acid groups (broad SMARTS) is 1. The van der Waals surface area contributed by atoms with Crippen molar-refractivity contribution in [3.63, 3.8) is 0 Å². The van der Waals surface area contributed by atoms with Crippen molar-refractivity contribution >= 4 is 47.4 Å². The van der Waals surface area contributed by atoms with Crippen molar-refractivity contribution in [1.82, 2.24) is 26.2 Å². The lowest BCUT2D eigenvalue weighted by atomic mass is 10.0. The van der Waals surface area contributed by atoms with Gasteiger partial charge >= 0.3 is 12.1 Å². The Balaban J connectivity index is 2.18. The van der Waals surface area contributed by atoms with Crippen molar-refractivity contribution in [2.45, 2.75) is 110 Å². The fourth-order valence-corrected chi connectivity index (χ4v) is 5.52. The van der Waals surface area contributed by atoms with Crippen molar-refractivity contribution < 1.29 is 52.9 Å². The maximum atomic E-state index is 14.0. The molecule has 0 saturated carbocycles. The summed E-state index contributed by atoms with van der Waals surface area (Å²) < 4.78 is 11.3. The molecule has 1 heterocycles. The number of hydrogen-bond donors (Lipinski definition) is 6. The second-order valence-corrected chi connectivity index (χ2v) is 13.7. The monoisotopic (exact) mass is 746 g/mol. The van der Waals surface area contributed by atoms with Gasteiger partial charge in [-0.15, -0.1) is 0 Å². The van der Waals surface area contributed by atoms with Gasteiger partial charge in [0.15, 0.2) is 0 Å². The highest BCUT2D eigenvalue weighted by Gasteiger charge is 2.44. The van der Waals surface area contributed by atoms with Crippen molar-refractivity contribution in [3.05, 3.63) is 35.9 Å². The molecule has 0 aromatic heterocycles. The summed E-state index contributed by atoms with van der Waals surface area (Å²) in [6, 6.07) is 4.66. The summed E-state index contributed by atoms with van der Waals surface area (Å²) in [5.41, 5.74) is 6.17. The highest BCUT2D eigenvalue weighted by atomic mass is 16.5. The molecular weight excluding hydrogens is 692 g/mol. The summed E-state index contributed by atoms with van der Waals surface area (Å²) in [5.74, 6) is -6.62. The number of carbonyl (C=O) groups excluding carboxylic acids is 7. The Bertz CT molecular complexity index is 1440. The summed E-state index contributed by atoms with van der Waals surface area (Å²) >= 11 is 0. The highest BCUT2D eigenvalue weighted by molar-refractivity contribution is 6.38. The van der Waals surface area contributed by atoms with E-state index in [2.05, 4.69) is 21.3 Å². The van der Waals surface area contributed by atoms with Gasteiger partial charge in [-0.1, -0.05) is 71.4 Å². The predicted molar refractivity (Wildman–Crippen MR) is 191 cm³/mol. The molecule has 3 unspecified atom stereocenters. The number of ether oxygens (including phenoxy) is 2. The fourth-order valence-electron chi connectivity index (χ4n) is 5.52. The number of alkyl carbamates (subject to hydrolysis) is 1. The van der Waals surface area contributed by atoms with E-state index in [9.17, 15) is 38.4 Å². The number of amides is 6. The third kappa shape index (κ3) is 15.2. The van der Waals surface area contributed by atoms with Crippen LogP contribution in [0.5, 0.6) is 0 Å². The quantitative estimate of drug-likeness (QED) is 0.0904. The Hall–Kier alpha value is -5.06. The molecule has 0 bridgehead atoms. The van der Waals surface area contributed by atoms with Crippen LogP contribution in [0.2, 0.25) is 0 Å². The van der Waals surface area contributed by atoms with E-state index in [1.54, 1.807) is 20.8 Å². The first kappa shape index (κ1) is 44.1. The molecule has 1 aromatic rings. The molecular formula is C36H54N6O11. The topological polar surface area (TPSA) is 253 Å². The van der Waals surface area contributed by atoms with E-state index >= 15 is 0 Å². The molecule has 1 fully saturated rings. The Kier molecular flexibility index (Phi) is 18.4. The van der Waals surface area contributed by atoms with Crippen LogP contribution in [0.25, 0.3) is 0 Å². The number of carboxylic acids is 1. The molecule has 0 spiro atoms. The number of benzene rings is 1. The number of rotatable bonds is 22. The maximum absolute atomic E-state index is 14.0. The average Bonchev–Trinajstić information content (AvgIpc) is 3.54. The predicted octanol–water partition coefficient (Wildman–Crippen LogP) is 0.775. The Labute approximate surface area is 309 Å². The van der Waals surface area contributed by atoms with E-state index in [1.807, 2.05) is 44.2 Å². The minimum atomic E-state index is -1.31. The molecule has 17 nitrogen and oxygen atoms in total. The second-order valence-electron chi connectivity index (χ2n) is 13.7. The molecule has 0 aliphatic carbocycles. The number of nitrogens with two attached hydrogens (primary N) is 1. The molecule has 294 valence electrons. The van der Waals surface area contributed by atoms with Crippen LogP contribution in [0.1, 0.15) is 78.7 Å². The summed E-state index contributed by atoms with van der Waals surface area (Å²) in [7, 11) is 0. The van der Waals surface area contributed by atoms with Gasteiger partial charge in [0.2, 0.25) is 29.4 Å². The normalized spacial score (nSPS) is 17.0. The zero-order chi connectivity index (χ0) is 39.7. The first-order valence-electron chi connectivity index (χ1n) is 17.9. The van der Waals surface area contributed by atoms with Crippen molar-refractivity contribution in [2.75, 3.05) is 19.7 Å². The van der Waals surface area contributed by atoms with E-state index in [0.717, 1.165) is 5.56 Å². The Morgan fingerprint density at radius 2 is 1.62 bits per heavy atom. The van der Waals surface area contributed by atoms with Crippen LogP contribution < -0.4 is 27.0 Å². The van der Waals surface area contributed by atoms with E-state index in [-0.39, 0.29) is 63.7 Å². The van der Waals surface area contributed by atoms with Gasteiger partial charge in [0.1, 0.15) is 18.1 Å². The van der Waals surface area contributed by atoms with Crippen LogP contribution in [-0.4, -0.2) is 107 Å². The van der Waals surface area contributed by atoms with Crippen LogP contribution >= 0.6 is 0 Å². The van der Waals surface area contributed by atoms with Gasteiger partial charge in [-0.2, -0.15) is 0 Å². The third-order valence-corrected chi connectivity index (χ3v) is 8.34. The summed E-state index contributed by atoms with van der Waals surface area (Å²) in [6.07, 6.45) is -1.06. The summed E-state index contributed by atoms with van der Waals surface area (Å²) in [5, 5.41) is 18.5. The van der Waals surface area contributed by atoms with E-state index in [0.29, 0.717) is 6.42 Å². The number of hydrogen-bond acceptors (Lipinski definition) is 10. The number of nitrogens with one attached hydrogen (secondary N) is 4. The number of carbonyl (C=O) groups is 8. The molecule has 0 radical (unpaired) electrons. The summed E-state index contributed by atoms with van der Waals surface area (Å²) in [4.78, 5) is 103. The van der Waals surface area contributed by atoms with Crippen LogP contribution in [0.15, 0.2) is 30.3 Å². The largest absolute Gasteiger partial charge is 0.481 e. The Morgan fingerprint density at radius 3 is 2.21 bits per heavy atom. The second kappa shape index (κ2) is 22.1. The van der Waals surface area contributed by atoms with Crippen LogP contribution in [0.3, 0.4) is 0 Å². The van der Waals surface area contributed by atoms with E-state index in [1.165, 1.54) is 4.90 Å². The maximum Gasteiger partial charge on any atom is 0.407 e. The zero-order valence-corrected chi connectivity index (χ0v) is 31.1. The van der Waals surface area contributed by atoms with Crippen LogP contribution in [-0.2, 0) is 49.6 Å². The molecule has 17 heteroatoms. The van der Waals surface area contributed by atoms with Crippen molar-refractivity contribution in [3.8, 4) is 0 Å². The van der Waals surface area contributed by atoms with Crippen molar-refractivity contribution in [2.24, 2.45) is 17.6 Å². The molecule has 5 atom stereocenters. The van der Waals surface area contributed by atoms with Gasteiger partial charge < -0.3 is 46.5 Å². The van der Waals surface area contributed by atoms with Gasteiger partial charge in [-0.05, 0) is 36.7 Å². The van der Waals surface area contributed by atoms with Crippen LogP contribution in [0, 0.1) is 11.8 Å². The minimum absolute atomic E-state index is 0.0142. The number of Topliss-reactive ketones (excluding diaryl/α,β-unsaturated/α-hetero) is 1. The lowest BCUT2D eigenvalue weighted by molar-refractivity contribution is -0.143. The van der Waals surface area contributed by atoms with Gasteiger partial charge in [-0.25, -0.2) is 4.79 Å². The van der Waals surface area contributed by atoms with Gasteiger partial charge in [0.05, 0.1) is 31.9 Å². The first-order chi connectivity index (χ1) is 25.0. The Morgan fingerprint density at radius 1 is 0.943 bits per heavy atom. The standard InChI is InChI=1S/C36H54N6O11/c1-6-11-25(31(46)34(49)38-17-28(43)39-26(32(37)47)14-10-15-29(44)45)40-33(48)27-16-24(52-20-23-12-8-7-9-13-23)18-42(27)35(50)30(22(4)5)41-36(51)53-19-21(2)3/h7-9,12-13,21-22,24-27,30H,6,10-11,14-20H2,1-5H3,(H2,37,47)(H,38,49)(H,39,43)(H,40,48)(H,41,51)(H,44,45)/t24-,25?,26?,27+,30?/m1/s1. The third-order valence-electron chi connectivity index (χ3n) is 8.34. The average molecular weight is 747 g/mol. The minimum Gasteiger partial charge on any atom is -0.481 e. The van der Waals surface area contributed by atoms with Crippen LogP contribution in [0.4, 0.5) is 4.79 Å². The number of nitrogens with zero attached hydrogens (tertiary/aromatic N) is 1. The summed E-state index contributed by atoms with van der Waals surface area (Å²) in [6.45, 7) is 8.62. The lowest BCUT2D eigenvalue weighted by Gasteiger charge is -2.31. The highest BCUT2D eigenvalue weighted by Crippen LogP contribution is 2.25. The number of primary amides is 1. The molecule has 53 heavy (non-hydrogen) atoms. The number of ketones is 1. The molecule has 1 aromatic carbocycles. The van der Waals surface area contributed by atoms with E-state index in [4.69, 9.17) is 20.3 Å². The molecule has 1 saturated heterocycles. The molecule has 6 amide bonds. The SMILES string of the molecule is CCCC(NC(=O)[C@@H]1C[C@@H](OCc2ccccc2)CN1C(=O)C(NC(=O)OCC(C)C)C(C)C)C(=O)C(=O)NCC(=O)NC(CCCC(=O)O)C(N)=O. The fraction of sp³-hybridized carbons (Fsp3) is 0.611. The van der Waals surface area contributed by atoms with Gasteiger partial charge in [0, 0.05) is 19.4 Å². The zero-order valence-electron chi connectivity index (χ0n) is 31.1. The molecule has 2 rings (SSSR count). The van der Waals surface area contributed by atoms with Gasteiger partial charge in [0.25, 0.3) is 5.91 Å². The van der Waals surface area contributed by atoms with Gasteiger partial charge in [-0.3, -0.25) is 33.6 Å². The number of aliphatic carboxylic acids is 1. The first-order valence-corrected chi connectivity index (χ1v) is 17.9. The molecule has 7 N–H and O–H groups in total. The van der Waals surface area contributed by atoms with E-state index < -0.39 is 84.2 Å². The van der Waals surface area contributed by atoms with Crippen molar-refractivity contribution in [1.29, 1.82) is 0 Å². The molecule has 1 aliphatic heterocycles.